The van der Waals surface area contributed by atoms with Gasteiger partial charge in [0.2, 0.25) is 11.8 Å². The van der Waals surface area contributed by atoms with Crippen molar-refractivity contribution >= 4 is 17.8 Å². The van der Waals surface area contributed by atoms with Gasteiger partial charge in [-0.15, -0.1) is 0 Å². The van der Waals surface area contributed by atoms with Crippen LogP contribution in [0.5, 0.6) is 0 Å². The molecule has 2 amide bonds. The molecule has 6 nitrogen and oxygen atoms in total. The van der Waals surface area contributed by atoms with Gasteiger partial charge in [-0.3, -0.25) is 9.59 Å². The Morgan fingerprint density at radius 3 is 2.16 bits per heavy atom. The first-order valence-electron chi connectivity index (χ1n) is 6.61. The molecule has 1 fully saturated rings. The number of carboxylic acids is 1. The molecule has 1 rings (SSSR count). The zero-order valence-corrected chi connectivity index (χ0v) is 11.6. The van der Waals surface area contributed by atoms with Crippen molar-refractivity contribution in [3.63, 3.8) is 0 Å². The summed E-state index contributed by atoms with van der Waals surface area (Å²) >= 11 is 0. The third kappa shape index (κ3) is 5.28. The lowest BCUT2D eigenvalue weighted by Crippen LogP contribution is -2.53. The molecule has 3 N–H and O–H groups in total. The molecule has 0 spiro atoms. The molecule has 0 bridgehead atoms. The van der Waals surface area contributed by atoms with Crippen LogP contribution in [0.25, 0.3) is 0 Å². The normalized spacial score (nSPS) is 17.7. The summed E-state index contributed by atoms with van der Waals surface area (Å²) in [6.07, 6.45) is 2.52. The van der Waals surface area contributed by atoms with Gasteiger partial charge in [0.1, 0.15) is 12.1 Å². The van der Waals surface area contributed by atoms with Gasteiger partial charge in [-0.2, -0.15) is 0 Å². The summed E-state index contributed by atoms with van der Waals surface area (Å²) in [6.45, 7) is 4.94. The van der Waals surface area contributed by atoms with Crippen molar-refractivity contribution in [2.75, 3.05) is 0 Å². The Balaban J connectivity index is 2.61. The van der Waals surface area contributed by atoms with E-state index in [1.54, 1.807) is 13.8 Å². The average molecular weight is 270 g/mol. The van der Waals surface area contributed by atoms with Gasteiger partial charge in [0.05, 0.1) is 0 Å². The Kier molecular flexibility index (Phi) is 5.32. The number of aliphatic carboxylic acids is 1. The molecule has 6 heteroatoms. The molecule has 2 atom stereocenters. The predicted molar refractivity (Wildman–Crippen MR) is 69.4 cm³/mol. The van der Waals surface area contributed by atoms with E-state index in [1.807, 2.05) is 0 Å². The SMILES string of the molecule is CC(=O)NC(C(=O)N[C@@H](CC1CC1)C(=O)O)C(C)C. The van der Waals surface area contributed by atoms with Gasteiger partial charge in [-0.1, -0.05) is 26.7 Å². The predicted octanol–water partition coefficient (Wildman–Crippen LogP) is 0.517. The van der Waals surface area contributed by atoms with Crippen LogP contribution in [-0.4, -0.2) is 35.0 Å². The number of carbonyl (C=O) groups excluding carboxylic acids is 2. The quantitative estimate of drug-likeness (QED) is 0.628. The Morgan fingerprint density at radius 2 is 1.79 bits per heavy atom. The van der Waals surface area contributed by atoms with E-state index in [-0.39, 0.29) is 11.8 Å². The number of carbonyl (C=O) groups is 3. The highest BCUT2D eigenvalue weighted by atomic mass is 16.4. The highest BCUT2D eigenvalue weighted by Gasteiger charge is 2.32. The molecule has 0 radical (unpaired) electrons. The Hall–Kier alpha value is -1.59. The number of nitrogens with one attached hydrogen (secondary N) is 2. The lowest BCUT2D eigenvalue weighted by atomic mass is 10.0. The van der Waals surface area contributed by atoms with E-state index in [0.29, 0.717) is 12.3 Å². The van der Waals surface area contributed by atoms with E-state index in [9.17, 15) is 14.4 Å². The summed E-state index contributed by atoms with van der Waals surface area (Å²) in [7, 11) is 0. The minimum Gasteiger partial charge on any atom is -0.480 e. The van der Waals surface area contributed by atoms with Crippen molar-refractivity contribution in [2.24, 2.45) is 11.8 Å². The van der Waals surface area contributed by atoms with E-state index in [0.717, 1.165) is 12.8 Å². The maximum Gasteiger partial charge on any atom is 0.326 e. The van der Waals surface area contributed by atoms with Gasteiger partial charge in [0.15, 0.2) is 0 Å². The van der Waals surface area contributed by atoms with Crippen LogP contribution in [-0.2, 0) is 14.4 Å². The smallest absolute Gasteiger partial charge is 0.326 e. The zero-order valence-electron chi connectivity index (χ0n) is 11.6. The maximum absolute atomic E-state index is 12.0. The molecule has 1 saturated carbocycles. The molecule has 1 aliphatic rings. The molecular weight excluding hydrogens is 248 g/mol. The standard InChI is InChI=1S/C13H22N2O4/c1-7(2)11(14-8(3)16)12(17)15-10(13(18)19)6-9-4-5-9/h7,9-11H,4-6H2,1-3H3,(H,14,16)(H,15,17)(H,18,19)/t10-,11?/m0/s1. The number of amides is 2. The van der Waals surface area contributed by atoms with Gasteiger partial charge < -0.3 is 15.7 Å². The van der Waals surface area contributed by atoms with Gasteiger partial charge in [-0.05, 0) is 18.3 Å². The lowest BCUT2D eigenvalue weighted by Gasteiger charge is -2.23. The fourth-order valence-electron chi connectivity index (χ4n) is 1.92. The van der Waals surface area contributed by atoms with E-state index < -0.39 is 24.0 Å². The van der Waals surface area contributed by atoms with E-state index in [2.05, 4.69) is 10.6 Å². The molecule has 0 aliphatic heterocycles. The first kappa shape index (κ1) is 15.5. The zero-order chi connectivity index (χ0) is 14.6. The van der Waals surface area contributed by atoms with Gasteiger partial charge in [0.25, 0.3) is 0 Å². The molecule has 0 aromatic carbocycles. The van der Waals surface area contributed by atoms with Gasteiger partial charge in [-0.25, -0.2) is 4.79 Å². The van der Waals surface area contributed by atoms with E-state index >= 15 is 0 Å². The number of hydrogen-bond donors (Lipinski definition) is 3. The molecule has 0 aromatic rings. The Morgan fingerprint density at radius 1 is 1.21 bits per heavy atom. The van der Waals surface area contributed by atoms with E-state index in [4.69, 9.17) is 5.11 Å². The van der Waals surface area contributed by atoms with Gasteiger partial charge in [0, 0.05) is 6.92 Å². The maximum atomic E-state index is 12.0. The molecule has 0 saturated heterocycles. The first-order valence-corrected chi connectivity index (χ1v) is 6.61. The number of carboxylic acid groups (broad SMARTS) is 1. The largest absolute Gasteiger partial charge is 0.480 e. The van der Waals surface area contributed by atoms with Crippen LogP contribution < -0.4 is 10.6 Å². The highest BCUT2D eigenvalue weighted by molar-refractivity contribution is 5.90. The van der Waals surface area contributed by atoms with Crippen molar-refractivity contribution in [3.8, 4) is 0 Å². The molecule has 0 heterocycles. The molecule has 0 aromatic heterocycles. The molecule has 108 valence electrons. The molecular formula is C13H22N2O4. The first-order chi connectivity index (χ1) is 8.81. The molecule has 1 unspecified atom stereocenters. The third-order valence-corrected chi connectivity index (χ3v) is 3.19. The summed E-state index contributed by atoms with van der Waals surface area (Å²) in [5, 5.41) is 14.2. The highest BCUT2D eigenvalue weighted by Crippen LogP contribution is 2.33. The van der Waals surface area contributed by atoms with Crippen LogP contribution in [0.2, 0.25) is 0 Å². The van der Waals surface area contributed by atoms with Crippen LogP contribution in [0, 0.1) is 11.8 Å². The van der Waals surface area contributed by atoms with Crippen LogP contribution in [0.15, 0.2) is 0 Å². The van der Waals surface area contributed by atoms with Crippen LogP contribution >= 0.6 is 0 Å². The topological polar surface area (TPSA) is 95.5 Å². The Bertz CT molecular complexity index is 364. The summed E-state index contributed by atoms with van der Waals surface area (Å²) < 4.78 is 0. The minimum atomic E-state index is -1.02. The number of hydrogen-bond acceptors (Lipinski definition) is 3. The third-order valence-electron chi connectivity index (χ3n) is 3.19. The minimum absolute atomic E-state index is 0.0979. The van der Waals surface area contributed by atoms with Crippen molar-refractivity contribution in [2.45, 2.75) is 52.1 Å². The average Bonchev–Trinajstić information content (AvgIpc) is 3.07. The number of rotatable bonds is 7. The van der Waals surface area contributed by atoms with E-state index in [1.165, 1.54) is 6.92 Å². The van der Waals surface area contributed by atoms with Crippen molar-refractivity contribution in [1.82, 2.24) is 10.6 Å². The van der Waals surface area contributed by atoms with Crippen molar-refractivity contribution in [1.29, 1.82) is 0 Å². The molecule has 1 aliphatic carbocycles. The van der Waals surface area contributed by atoms with Crippen LogP contribution in [0.1, 0.15) is 40.0 Å². The lowest BCUT2D eigenvalue weighted by molar-refractivity contribution is -0.142. The molecule has 19 heavy (non-hydrogen) atoms. The van der Waals surface area contributed by atoms with Gasteiger partial charge >= 0.3 is 5.97 Å². The second-order valence-corrected chi connectivity index (χ2v) is 5.50. The summed E-state index contributed by atoms with van der Waals surface area (Å²) in [4.78, 5) is 34.2. The van der Waals surface area contributed by atoms with Crippen LogP contribution in [0.4, 0.5) is 0 Å². The monoisotopic (exact) mass is 270 g/mol. The van der Waals surface area contributed by atoms with Crippen molar-refractivity contribution in [3.05, 3.63) is 0 Å². The summed E-state index contributed by atoms with van der Waals surface area (Å²) in [5.74, 6) is -1.45. The van der Waals surface area contributed by atoms with Crippen LogP contribution in [0.3, 0.4) is 0 Å². The fraction of sp³-hybridized carbons (Fsp3) is 0.769. The van der Waals surface area contributed by atoms with Crippen molar-refractivity contribution < 1.29 is 19.5 Å². The Labute approximate surface area is 112 Å². The second-order valence-electron chi connectivity index (χ2n) is 5.50. The fourth-order valence-corrected chi connectivity index (χ4v) is 1.92. The second kappa shape index (κ2) is 6.54. The summed E-state index contributed by atoms with van der Waals surface area (Å²) in [5.41, 5.74) is 0. The summed E-state index contributed by atoms with van der Waals surface area (Å²) in [6, 6.07) is -1.56.